The maximum Gasteiger partial charge on any atom is 0.410 e. The summed E-state index contributed by atoms with van der Waals surface area (Å²) >= 11 is 0. The molecule has 5 nitrogen and oxygen atoms in total. The van der Waals surface area contributed by atoms with Crippen molar-refractivity contribution in [2.45, 2.75) is 51.8 Å². The van der Waals surface area contributed by atoms with E-state index in [2.05, 4.69) is 11.8 Å². The molecule has 3 rings (SSSR count). The second-order valence-electron chi connectivity index (χ2n) is 8.30. The molecule has 1 amide bonds. The highest BCUT2D eigenvalue weighted by molar-refractivity contribution is 5.68. The van der Waals surface area contributed by atoms with Gasteiger partial charge in [0, 0.05) is 17.7 Å². The molecule has 0 atom stereocenters. The molecule has 1 aliphatic rings. The van der Waals surface area contributed by atoms with E-state index in [-0.39, 0.29) is 24.8 Å². The molecule has 0 aliphatic carbocycles. The highest BCUT2D eigenvalue weighted by Gasteiger charge is 2.29. The van der Waals surface area contributed by atoms with Crippen molar-refractivity contribution in [2.24, 2.45) is 0 Å². The normalized spacial score (nSPS) is 14.9. The predicted octanol–water partition coefficient (Wildman–Crippen LogP) is 5.38. The molecule has 0 saturated carbocycles. The number of hydrogen-bond acceptors (Lipinski definition) is 4. The SMILES string of the molecule is CCCCOc1ccc(COC(=O)N(Cc2ccc(F)cc2F)C2CCN(C)CC2)cc1. The Kier molecular flexibility index (Phi) is 8.85. The molecule has 1 fully saturated rings. The molecule has 32 heavy (non-hydrogen) atoms. The van der Waals surface area contributed by atoms with Gasteiger partial charge in [-0.25, -0.2) is 13.6 Å². The number of ether oxygens (including phenoxy) is 2. The number of amides is 1. The molecule has 1 heterocycles. The van der Waals surface area contributed by atoms with Gasteiger partial charge in [-0.05, 0) is 63.2 Å². The molecular formula is C25H32F2N2O3. The van der Waals surface area contributed by atoms with Crippen LogP contribution in [-0.2, 0) is 17.9 Å². The molecule has 0 unspecified atom stereocenters. The number of hydrogen-bond donors (Lipinski definition) is 0. The fourth-order valence-corrected chi connectivity index (χ4v) is 3.73. The number of halogens is 2. The van der Waals surface area contributed by atoms with Crippen LogP contribution in [0.1, 0.15) is 43.7 Å². The van der Waals surface area contributed by atoms with Crippen LogP contribution in [0.5, 0.6) is 5.75 Å². The summed E-state index contributed by atoms with van der Waals surface area (Å²) in [4.78, 5) is 16.8. The van der Waals surface area contributed by atoms with Crippen molar-refractivity contribution in [3.05, 3.63) is 65.2 Å². The number of likely N-dealkylation sites (tertiary alicyclic amines) is 1. The van der Waals surface area contributed by atoms with E-state index in [0.29, 0.717) is 6.61 Å². The van der Waals surface area contributed by atoms with Crippen LogP contribution in [0, 0.1) is 11.6 Å². The first-order valence-corrected chi connectivity index (χ1v) is 11.2. The predicted molar refractivity (Wildman–Crippen MR) is 119 cm³/mol. The Morgan fingerprint density at radius 2 is 1.84 bits per heavy atom. The first-order valence-electron chi connectivity index (χ1n) is 11.2. The van der Waals surface area contributed by atoms with Crippen LogP contribution < -0.4 is 4.74 Å². The quantitative estimate of drug-likeness (QED) is 0.485. The topological polar surface area (TPSA) is 42.0 Å². The van der Waals surface area contributed by atoms with E-state index in [9.17, 15) is 13.6 Å². The van der Waals surface area contributed by atoms with Gasteiger partial charge in [-0.2, -0.15) is 0 Å². The van der Waals surface area contributed by atoms with Crippen LogP contribution in [0.4, 0.5) is 13.6 Å². The summed E-state index contributed by atoms with van der Waals surface area (Å²) in [5.41, 5.74) is 1.12. The third-order valence-corrected chi connectivity index (χ3v) is 5.77. The van der Waals surface area contributed by atoms with E-state index < -0.39 is 17.7 Å². The summed E-state index contributed by atoms with van der Waals surface area (Å²) < 4.78 is 38.8. The Morgan fingerprint density at radius 3 is 2.50 bits per heavy atom. The van der Waals surface area contributed by atoms with E-state index in [1.54, 1.807) is 4.90 Å². The summed E-state index contributed by atoms with van der Waals surface area (Å²) in [7, 11) is 2.04. The van der Waals surface area contributed by atoms with Crippen molar-refractivity contribution in [3.8, 4) is 5.75 Å². The Bertz CT molecular complexity index is 868. The highest BCUT2D eigenvalue weighted by Crippen LogP contribution is 2.22. The molecule has 0 bridgehead atoms. The van der Waals surface area contributed by atoms with Crippen LogP contribution in [-0.4, -0.2) is 48.7 Å². The van der Waals surface area contributed by atoms with Gasteiger partial charge >= 0.3 is 6.09 Å². The summed E-state index contributed by atoms with van der Waals surface area (Å²) in [6, 6.07) is 10.8. The number of piperidine rings is 1. The monoisotopic (exact) mass is 446 g/mol. The molecule has 2 aromatic rings. The molecule has 1 saturated heterocycles. The van der Waals surface area contributed by atoms with Crippen molar-refractivity contribution < 1.29 is 23.0 Å². The minimum Gasteiger partial charge on any atom is -0.494 e. The van der Waals surface area contributed by atoms with E-state index in [1.807, 2.05) is 31.3 Å². The maximum atomic E-state index is 14.3. The molecule has 174 valence electrons. The number of carbonyl (C=O) groups excluding carboxylic acids is 1. The minimum atomic E-state index is -0.658. The first-order chi connectivity index (χ1) is 15.5. The molecular weight excluding hydrogens is 414 g/mol. The lowest BCUT2D eigenvalue weighted by atomic mass is 10.0. The van der Waals surface area contributed by atoms with E-state index >= 15 is 0 Å². The molecule has 7 heteroatoms. The summed E-state index contributed by atoms with van der Waals surface area (Å²) in [5, 5.41) is 0. The van der Waals surface area contributed by atoms with Crippen LogP contribution in [0.2, 0.25) is 0 Å². The zero-order chi connectivity index (χ0) is 22.9. The largest absolute Gasteiger partial charge is 0.494 e. The Hall–Kier alpha value is -2.67. The Balaban J connectivity index is 1.64. The third kappa shape index (κ3) is 6.92. The maximum absolute atomic E-state index is 14.3. The Labute approximate surface area is 188 Å². The van der Waals surface area contributed by atoms with Crippen LogP contribution in [0.3, 0.4) is 0 Å². The van der Waals surface area contributed by atoms with Gasteiger partial charge in [-0.1, -0.05) is 31.5 Å². The fourth-order valence-electron chi connectivity index (χ4n) is 3.73. The lowest BCUT2D eigenvalue weighted by molar-refractivity contribution is 0.0599. The van der Waals surface area contributed by atoms with Crippen molar-refractivity contribution in [3.63, 3.8) is 0 Å². The van der Waals surface area contributed by atoms with Crippen LogP contribution in [0.25, 0.3) is 0 Å². The number of rotatable bonds is 9. The second-order valence-corrected chi connectivity index (χ2v) is 8.30. The third-order valence-electron chi connectivity index (χ3n) is 5.77. The lowest BCUT2D eigenvalue weighted by Gasteiger charge is -2.36. The van der Waals surface area contributed by atoms with Crippen molar-refractivity contribution in [2.75, 3.05) is 26.7 Å². The highest BCUT2D eigenvalue weighted by atomic mass is 19.1. The van der Waals surface area contributed by atoms with Crippen molar-refractivity contribution >= 4 is 6.09 Å². The summed E-state index contributed by atoms with van der Waals surface area (Å²) in [5.74, 6) is -0.510. The summed E-state index contributed by atoms with van der Waals surface area (Å²) in [6.45, 7) is 4.64. The smallest absolute Gasteiger partial charge is 0.410 e. The minimum absolute atomic E-state index is 0.0452. The summed E-state index contributed by atoms with van der Waals surface area (Å²) in [6.07, 6.45) is 3.13. The van der Waals surface area contributed by atoms with Gasteiger partial charge in [-0.3, -0.25) is 0 Å². The van der Waals surface area contributed by atoms with E-state index in [4.69, 9.17) is 9.47 Å². The van der Waals surface area contributed by atoms with Gasteiger partial charge in [-0.15, -0.1) is 0 Å². The van der Waals surface area contributed by atoms with E-state index in [1.165, 1.54) is 12.1 Å². The van der Waals surface area contributed by atoms with Crippen LogP contribution in [0.15, 0.2) is 42.5 Å². The number of nitrogens with zero attached hydrogens (tertiary/aromatic N) is 2. The lowest BCUT2D eigenvalue weighted by Crippen LogP contribution is -2.46. The van der Waals surface area contributed by atoms with E-state index in [0.717, 1.165) is 56.2 Å². The second kappa shape index (κ2) is 11.8. The van der Waals surface area contributed by atoms with Gasteiger partial charge in [0.1, 0.15) is 24.0 Å². The number of carbonyl (C=O) groups is 1. The molecule has 0 radical (unpaired) electrons. The zero-order valence-electron chi connectivity index (χ0n) is 18.9. The molecule has 2 aromatic carbocycles. The van der Waals surface area contributed by atoms with Crippen molar-refractivity contribution in [1.29, 1.82) is 0 Å². The van der Waals surface area contributed by atoms with Gasteiger partial charge in [0.2, 0.25) is 0 Å². The molecule has 0 aromatic heterocycles. The zero-order valence-corrected chi connectivity index (χ0v) is 18.9. The molecule has 1 aliphatic heterocycles. The van der Waals surface area contributed by atoms with Gasteiger partial charge in [0.05, 0.1) is 13.2 Å². The van der Waals surface area contributed by atoms with Gasteiger partial charge < -0.3 is 19.3 Å². The molecule has 0 spiro atoms. The number of benzene rings is 2. The average molecular weight is 447 g/mol. The standard InChI is InChI=1S/C25H32F2N2O3/c1-3-4-15-31-23-9-5-19(6-10-23)18-32-25(30)29(22-11-13-28(2)14-12-22)17-20-7-8-21(26)16-24(20)27/h5-10,16,22H,3-4,11-15,17-18H2,1-2H3. The van der Waals surface area contributed by atoms with Gasteiger partial charge in [0.15, 0.2) is 0 Å². The first kappa shape index (κ1) is 24.0. The average Bonchev–Trinajstić information content (AvgIpc) is 2.79. The van der Waals surface area contributed by atoms with Gasteiger partial charge in [0.25, 0.3) is 0 Å². The Morgan fingerprint density at radius 1 is 1.12 bits per heavy atom. The van der Waals surface area contributed by atoms with Crippen LogP contribution >= 0.6 is 0 Å². The number of unbranched alkanes of at least 4 members (excludes halogenated alkanes) is 1. The van der Waals surface area contributed by atoms with Crippen molar-refractivity contribution in [1.82, 2.24) is 9.80 Å². The molecule has 0 N–H and O–H groups in total. The fraction of sp³-hybridized carbons (Fsp3) is 0.480.